The lowest BCUT2D eigenvalue weighted by Gasteiger charge is -2.22. The van der Waals surface area contributed by atoms with Gasteiger partial charge in [-0.3, -0.25) is 4.79 Å². The molecule has 1 aliphatic rings. The smallest absolute Gasteiger partial charge is 0.223 e. The maximum atomic E-state index is 13.1. The number of rotatable bonds is 7. The van der Waals surface area contributed by atoms with E-state index in [-0.39, 0.29) is 29.9 Å². The molecule has 6 heteroatoms. The number of amides is 1. The second-order valence-corrected chi connectivity index (χ2v) is 7.84. The number of halogens is 1. The van der Waals surface area contributed by atoms with Crippen molar-refractivity contribution in [3.05, 3.63) is 35.6 Å². The first-order valence-electron chi connectivity index (χ1n) is 7.07. The molecule has 1 aromatic carbocycles. The summed E-state index contributed by atoms with van der Waals surface area (Å²) >= 11 is 0. The van der Waals surface area contributed by atoms with Crippen LogP contribution >= 0.6 is 0 Å². The Morgan fingerprint density at radius 3 is 2.67 bits per heavy atom. The number of hydrogen-bond acceptors (Lipinski definition) is 3. The molecule has 0 saturated heterocycles. The molecule has 0 bridgehead atoms. The third kappa shape index (κ3) is 5.46. The van der Waals surface area contributed by atoms with Crippen molar-refractivity contribution in [3.63, 3.8) is 0 Å². The Labute approximate surface area is 124 Å². The average Bonchev–Trinajstić information content (AvgIpc) is 3.20. The second-order valence-electron chi connectivity index (χ2n) is 5.58. The van der Waals surface area contributed by atoms with Gasteiger partial charge in [0.2, 0.25) is 5.91 Å². The van der Waals surface area contributed by atoms with Gasteiger partial charge in [-0.25, -0.2) is 12.8 Å². The van der Waals surface area contributed by atoms with Crippen LogP contribution in [0.3, 0.4) is 0 Å². The van der Waals surface area contributed by atoms with Crippen LogP contribution in [-0.4, -0.2) is 43.8 Å². The molecule has 0 heterocycles. The molecule has 1 aromatic rings. The summed E-state index contributed by atoms with van der Waals surface area (Å²) in [6.07, 6.45) is 3.67. The minimum absolute atomic E-state index is 0.0263. The molecule has 4 nitrogen and oxygen atoms in total. The molecular formula is C15H20FNO3S. The summed E-state index contributed by atoms with van der Waals surface area (Å²) in [7, 11) is -3.13. The Morgan fingerprint density at radius 1 is 1.38 bits per heavy atom. The zero-order valence-electron chi connectivity index (χ0n) is 12.1. The van der Waals surface area contributed by atoms with Crippen molar-refractivity contribution in [2.24, 2.45) is 0 Å². The molecule has 116 valence electrons. The summed E-state index contributed by atoms with van der Waals surface area (Å²) < 4.78 is 35.4. The Morgan fingerprint density at radius 2 is 2.10 bits per heavy atom. The third-order valence-electron chi connectivity index (χ3n) is 3.53. The number of hydrogen-bond donors (Lipinski definition) is 0. The van der Waals surface area contributed by atoms with E-state index in [1.54, 1.807) is 11.0 Å². The molecule has 0 aliphatic heterocycles. The van der Waals surface area contributed by atoms with E-state index >= 15 is 0 Å². The monoisotopic (exact) mass is 313 g/mol. The number of carbonyl (C=O) groups excluding carboxylic acids is 1. The maximum absolute atomic E-state index is 13.1. The lowest BCUT2D eigenvalue weighted by atomic mass is 10.1. The van der Waals surface area contributed by atoms with Gasteiger partial charge in [0.25, 0.3) is 0 Å². The van der Waals surface area contributed by atoms with Gasteiger partial charge in [-0.1, -0.05) is 12.1 Å². The summed E-state index contributed by atoms with van der Waals surface area (Å²) in [5.41, 5.74) is 0.844. The first-order chi connectivity index (χ1) is 9.85. The van der Waals surface area contributed by atoms with E-state index in [1.807, 2.05) is 6.07 Å². The van der Waals surface area contributed by atoms with Crippen LogP contribution in [0.2, 0.25) is 0 Å². The highest BCUT2D eigenvalue weighted by Gasteiger charge is 2.32. The van der Waals surface area contributed by atoms with Crippen molar-refractivity contribution < 1.29 is 17.6 Å². The van der Waals surface area contributed by atoms with Crippen LogP contribution in [0.4, 0.5) is 4.39 Å². The summed E-state index contributed by atoms with van der Waals surface area (Å²) in [6, 6.07) is 6.56. The lowest BCUT2D eigenvalue weighted by Crippen LogP contribution is -2.35. The van der Waals surface area contributed by atoms with Crippen molar-refractivity contribution in [2.75, 3.05) is 18.6 Å². The van der Waals surface area contributed by atoms with Gasteiger partial charge in [0.15, 0.2) is 0 Å². The number of benzene rings is 1. The Balaban J connectivity index is 1.91. The molecule has 21 heavy (non-hydrogen) atoms. The predicted octanol–water partition coefficient (Wildman–Crippen LogP) is 1.79. The van der Waals surface area contributed by atoms with Crippen LogP contribution < -0.4 is 0 Å². The molecule has 0 aromatic heterocycles. The molecular weight excluding hydrogens is 293 g/mol. The van der Waals surface area contributed by atoms with Crippen LogP contribution in [0.1, 0.15) is 24.8 Å². The largest absolute Gasteiger partial charge is 0.339 e. The molecule has 0 unspecified atom stereocenters. The number of nitrogens with zero attached hydrogens (tertiary/aromatic N) is 1. The van der Waals surface area contributed by atoms with Gasteiger partial charge in [0, 0.05) is 25.3 Å². The van der Waals surface area contributed by atoms with Crippen LogP contribution in [0.5, 0.6) is 0 Å². The summed E-state index contributed by atoms with van der Waals surface area (Å²) in [5.74, 6) is -0.525. The van der Waals surface area contributed by atoms with Gasteiger partial charge < -0.3 is 4.90 Å². The van der Waals surface area contributed by atoms with Gasteiger partial charge in [0.05, 0.1) is 5.75 Å². The Kier molecular flexibility index (Phi) is 4.98. The van der Waals surface area contributed by atoms with E-state index in [0.717, 1.165) is 24.7 Å². The Bertz CT molecular complexity index is 611. The highest BCUT2D eigenvalue weighted by atomic mass is 32.2. The molecule has 1 saturated carbocycles. The van der Waals surface area contributed by atoms with Crippen LogP contribution in [0.25, 0.3) is 0 Å². The first-order valence-corrected chi connectivity index (χ1v) is 9.13. The van der Waals surface area contributed by atoms with Crippen LogP contribution in [0, 0.1) is 5.82 Å². The van der Waals surface area contributed by atoms with Crippen molar-refractivity contribution in [1.82, 2.24) is 4.90 Å². The van der Waals surface area contributed by atoms with E-state index in [9.17, 15) is 17.6 Å². The van der Waals surface area contributed by atoms with Gasteiger partial charge >= 0.3 is 0 Å². The minimum atomic E-state index is -3.13. The van der Waals surface area contributed by atoms with E-state index in [1.165, 1.54) is 12.1 Å². The highest BCUT2D eigenvalue weighted by Crippen LogP contribution is 2.27. The topological polar surface area (TPSA) is 54.5 Å². The van der Waals surface area contributed by atoms with E-state index in [2.05, 4.69) is 0 Å². The summed E-state index contributed by atoms with van der Waals surface area (Å²) in [5, 5.41) is 0. The Hall–Kier alpha value is -1.43. The molecule has 2 rings (SSSR count). The number of sulfone groups is 1. The van der Waals surface area contributed by atoms with Crippen molar-refractivity contribution in [2.45, 2.75) is 31.7 Å². The fourth-order valence-electron chi connectivity index (χ4n) is 2.26. The molecule has 1 fully saturated rings. The lowest BCUT2D eigenvalue weighted by molar-refractivity contribution is -0.131. The van der Waals surface area contributed by atoms with Gasteiger partial charge in [-0.05, 0) is 37.0 Å². The standard InChI is InChI=1S/C15H20FNO3S/c1-21(19,20)10-8-15(18)17(14-5-6-14)9-7-12-3-2-4-13(16)11-12/h2-4,11,14H,5-10H2,1H3. The van der Waals surface area contributed by atoms with Crippen molar-refractivity contribution in [3.8, 4) is 0 Å². The third-order valence-corrected chi connectivity index (χ3v) is 4.47. The van der Waals surface area contributed by atoms with Gasteiger partial charge in [-0.15, -0.1) is 0 Å². The second kappa shape index (κ2) is 6.56. The fraction of sp³-hybridized carbons (Fsp3) is 0.533. The molecule has 0 spiro atoms. The maximum Gasteiger partial charge on any atom is 0.223 e. The molecule has 1 aliphatic carbocycles. The normalized spacial score (nSPS) is 15.0. The summed E-state index contributed by atoms with van der Waals surface area (Å²) in [4.78, 5) is 13.9. The van der Waals surface area contributed by atoms with Crippen molar-refractivity contribution >= 4 is 15.7 Å². The molecule has 1 amide bonds. The first kappa shape index (κ1) is 15.9. The average molecular weight is 313 g/mol. The van der Waals surface area contributed by atoms with Crippen LogP contribution in [-0.2, 0) is 21.1 Å². The fourth-order valence-corrected chi connectivity index (χ4v) is 2.80. The zero-order chi connectivity index (χ0) is 15.5. The quantitative estimate of drug-likeness (QED) is 0.771. The molecule has 0 N–H and O–H groups in total. The minimum Gasteiger partial charge on any atom is -0.339 e. The van der Waals surface area contributed by atoms with E-state index < -0.39 is 9.84 Å². The number of carbonyl (C=O) groups is 1. The predicted molar refractivity (Wildman–Crippen MR) is 79.2 cm³/mol. The van der Waals surface area contributed by atoms with Crippen molar-refractivity contribution in [1.29, 1.82) is 0 Å². The van der Waals surface area contributed by atoms with E-state index in [4.69, 9.17) is 0 Å². The SMILES string of the molecule is CS(=O)(=O)CCC(=O)N(CCc1cccc(F)c1)C1CC1. The summed E-state index contributed by atoms with van der Waals surface area (Å²) in [6.45, 7) is 0.511. The van der Waals surface area contributed by atoms with Gasteiger partial charge in [0.1, 0.15) is 15.7 Å². The van der Waals surface area contributed by atoms with E-state index in [0.29, 0.717) is 13.0 Å². The zero-order valence-corrected chi connectivity index (χ0v) is 12.9. The molecule has 0 radical (unpaired) electrons. The van der Waals surface area contributed by atoms with Crippen LogP contribution in [0.15, 0.2) is 24.3 Å². The highest BCUT2D eigenvalue weighted by molar-refractivity contribution is 7.90. The molecule has 0 atom stereocenters. The van der Waals surface area contributed by atoms with Gasteiger partial charge in [-0.2, -0.15) is 0 Å².